The molecule has 6 atom stereocenters. The molecule has 46 heavy (non-hydrogen) atoms. The maximum Gasteiger partial charge on any atom is 0.481 e. The summed E-state index contributed by atoms with van der Waals surface area (Å²) >= 11 is 0. The van der Waals surface area contributed by atoms with Gasteiger partial charge in [0.2, 0.25) is 5.91 Å². The zero-order valence-corrected chi connectivity index (χ0v) is 28.0. The van der Waals surface area contributed by atoms with Crippen molar-refractivity contribution in [1.29, 1.82) is 0 Å². The Balaban J connectivity index is 1.32. The Bertz CT molecular complexity index is 1480. The first-order chi connectivity index (χ1) is 21.8. The van der Waals surface area contributed by atoms with E-state index in [0.29, 0.717) is 23.8 Å². The van der Waals surface area contributed by atoms with Gasteiger partial charge in [-0.05, 0) is 92.0 Å². The van der Waals surface area contributed by atoms with Crippen LogP contribution in [0.5, 0.6) is 0 Å². The summed E-state index contributed by atoms with van der Waals surface area (Å²) in [5.41, 5.74) is 0.661. The molecule has 1 saturated heterocycles. The lowest BCUT2D eigenvalue weighted by Crippen LogP contribution is -2.65. The van der Waals surface area contributed by atoms with Gasteiger partial charge in [-0.2, -0.15) is 0 Å². The number of amides is 3. The van der Waals surface area contributed by atoms with Crippen LogP contribution in [0.4, 0.5) is 0 Å². The predicted octanol–water partition coefficient (Wildman–Crippen LogP) is 4.04. The zero-order valence-electron chi connectivity index (χ0n) is 28.0. The Hall–Kier alpha value is -3.44. The van der Waals surface area contributed by atoms with Crippen LogP contribution in [0.2, 0.25) is 0 Å². The molecule has 2 bridgehead atoms. The minimum atomic E-state index is -1.13. The summed E-state index contributed by atoms with van der Waals surface area (Å²) in [5, 5.41) is 8.59. The maximum absolute atomic E-state index is 14.0. The number of aromatic nitrogens is 1. The standard InChI is InChI=1S/C35H49BN4O6/c1-7-8-10-22-12-14-23(15-13-22)30(41)39-26(20-38-32(43)25-11-9-16-37-31(25)42)33(44)40-29(17-21(2)3)36-45-28-19-24-18-27(34(24,4)5)35(28,6)46-36/h9,11-16,21,24,26-29H,7-8,10,17-20H2,1-6H3,(H,37,42)(H,38,43)(H,39,41)(H,40,44)/t24-,26-,27-,28+,29-,35-/m0/s1. The van der Waals surface area contributed by atoms with Crippen LogP contribution in [-0.4, -0.2) is 60.1 Å². The quantitative estimate of drug-likeness (QED) is 0.246. The highest BCUT2D eigenvalue weighted by Crippen LogP contribution is 2.65. The van der Waals surface area contributed by atoms with Gasteiger partial charge in [-0.3, -0.25) is 19.2 Å². The minimum Gasteiger partial charge on any atom is -0.404 e. The fraction of sp³-hybridized carbons (Fsp3) is 0.600. The number of aryl methyl sites for hydroxylation is 1. The molecule has 11 heteroatoms. The molecule has 0 radical (unpaired) electrons. The van der Waals surface area contributed by atoms with Crippen molar-refractivity contribution >= 4 is 24.8 Å². The van der Waals surface area contributed by atoms with Crippen LogP contribution < -0.4 is 21.5 Å². The number of rotatable bonds is 13. The predicted molar refractivity (Wildman–Crippen MR) is 177 cm³/mol. The fourth-order valence-electron chi connectivity index (χ4n) is 7.65. The molecule has 3 saturated carbocycles. The Morgan fingerprint density at radius 2 is 1.78 bits per heavy atom. The van der Waals surface area contributed by atoms with E-state index in [-0.39, 0.29) is 29.5 Å². The van der Waals surface area contributed by atoms with Gasteiger partial charge in [0.25, 0.3) is 17.4 Å². The van der Waals surface area contributed by atoms with Gasteiger partial charge in [0.1, 0.15) is 11.6 Å². The molecule has 4 aliphatic rings. The molecule has 1 aliphatic heterocycles. The van der Waals surface area contributed by atoms with E-state index in [1.807, 2.05) is 12.1 Å². The highest BCUT2D eigenvalue weighted by atomic mass is 16.7. The third-order valence-electron chi connectivity index (χ3n) is 10.5. The van der Waals surface area contributed by atoms with Gasteiger partial charge in [-0.25, -0.2) is 0 Å². The summed E-state index contributed by atoms with van der Waals surface area (Å²) in [5.74, 6) is -0.838. The monoisotopic (exact) mass is 632 g/mol. The van der Waals surface area contributed by atoms with E-state index in [0.717, 1.165) is 37.7 Å². The summed E-state index contributed by atoms with van der Waals surface area (Å²) in [7, 11) is -0.638. The number of unbranched alkanes of at least 4 members (excludes halogenated alkanes) is 1. The minimum absolute atomic E-state index is 0.0418. The molecule has 4 N–H and O–H groups in total. The van der Waals surface area contributed by atoms with Crippen LogP contribution in [0.25, 0.3) is 0 Å². The van der Waals surface area contributed by atoms with E-state index in [4.69, 9.17) is 9.31 Å². The molecule has 2 aromatic rings. The first-order valence-electron chi connectivity index (χ1n) is 16.8. The molecule has 0 unspecified atom stereocenters. The van der Waals surface area contributed by atoms with E-state index in [2.05, 4.69) is 62.5 Å². The smallest absolute Gasteiger partial charge is 0.404 e. The third-order valence-corrected chi connectivity index (χ3v) is 10.5. The summed E-state index contributed by atoms with van der Waals surface area (Å²) < 4.78 is 13.2. The van der Waals surface area contributed by atoms with Crippen molar-refractivity contribution in [2.75, 3.05) is 6.54 Å². The molecule has 1 aromatic carbocycles. The van der Waals surface area contributed by atoms with Gasteiger partial charge >= 0.3 is 7.12 Å². The topological polar surface area (TPSA) is 139 Å². The number of hydrogen-bond acceptors (Lipinski definition) is 6. The summed E-state index contributed by atoms with van der Waals surface area (Å²) in [4.78, 5) is 54.9. The van der Waals surface area contributed by atoms with Crippen molar-refractivity contribution in [3.05, 3.63) is 69.6 Å². The highest BCUT2D eigenvalue weighted by Gasteiger charge is 2.68. The van der Waals surface area contributed by atoms with Crippen molar-refractivity contribution in [3.8, 4) is 0 Å². The van der Waals surface area contributed by atoms with E-state index >= 15 is 0 Å². The first-order valence-corrected chi connectivity index (χ1v) is 16.8. The Kier molecular flexibility index (Phi) is 10.1. The van der Waals surface area contributed by atoms with Gasteiger partial charge in [0, 0.05) is 18.3 Å². The van der Waals surface area contributed by atoms with Crippen LogP contribution in [0.1, 0.15) is 99.9 Å². The van der Waals surface area contributed by atoms with Crippen molar-refractivity contribution < 1.29 is 23.7 Å². The third kappa shape index (κ3) is 6.95. The Morgan fingerprint density at radius 1 is 1.04 bits per heavy atom. The lowest BCUT2D eigenvalue weighted by molar-refractivity contribution is -0.199. The summed E-state index contributed by atoms with van der Waals surface area (Å²) in [6.45, 7) is 12.8. The van der Waals surface area contributed by atoms with Gasteiger partial charge in [0.15, 0.2) is 0 Å². The number of pyridine rings is 1. The number of hydrogen-bond donors (Lipinski definition) is 4. The van der Waals surface area contributed by atoms with Crippen molar-refractivity contribution in [2.45, 2.75) is 104 Å². The second kappa shape index (κ2) is 13.7. The number of H-pyrrole nitrogens is 1. The van der Waals surface area contributed by atoms with Crippen molar-refractivity contribution in [2.24, 2.45) is 23.2 Å². The zero-order chi connectivity index (χ0) is 33.2. The van der Waals surface area contributed by atoms with Crippen LogP contribution in [0, 0.1) is 23.2 Å². The molecule has 3 amide bonds. The first kappa shape index (κ1) is 33.9. The average Bonchev–Trinajstić information content (AvgIpc) is 3.39. The van der Waals surface area contributed by atoms with Crippen LogP contribution in [0.3, 0.4) is 0 Å². The normalized spacial score (nSPS) is 25.6. The molecule has 2 heterocycles. The molecule has 1 aromatic heterocycles. The number of nitrogens with one attached hydrogen (secondary N) is 4. The molecule has 3 aliphatic carbocycles. The number of benzene rings is 1. The molecular formula is C35H49BN4O6. The molecule has 0 spiro atoms. The molecule has 248 valence electrons. The fourth-order valence-corrected chi connectivity index (χ4v) is 7.65. The van der Waals surface area contributed by atoms with Gasteiger partial charge < -0.3 is 30.2 Å². The van der Waals surface area contributed by atoms with Crippen molar-refractivity contribution in [3.63, 3.8) is 0 Å². The summed E-state index contributed by atoms with van der Waals surface area (Å²) in [6.07, 6.45) is 7.11. The van der Waals surface area contributed by atoms with Gasteiger partial charge in [-0.15, -0.1) is 0 Å². The lowest BCUT2D eigenvalue weighted by Gasteiger charge is -2.64. The Labute approximate surface area is 272 Å². The van der Waals surface area contributed by atoms with Crippen molar-refractivity contribution in [1.82, 2.24) is 20.9 Å². The molecule has 6 rings (SSSR count). The molecule has 4 fully saturated rings. The highest BCUT2D eigenvalue weighted by molar-refractivity contribution is 6.48. The summed E-state index contributed by atoms with van der Waals surface area (Å²) in [6, 6.07) is 9.15. The second-order valence-electron chi connectivity index (χ2n) is 14.5. The molecular weight excluding hydrogens is 583 g/mol. The maximum atomic E-state index is 14.0. The largest absolute Gasteiger partial charge is 0.481 e. The SMILES string of the molecule is CCCCc1ccc(C(=O)N[C@@H](CNC(=O)c2ccc[nH]c2=O)C(=O)N[C@@H](CC(C)C)B2O[C@@H]3C[C@@H]4C[C@@H](C4(C)C)[C@]3(C)O2)cc1. The lowest BCUT2D eigenvalue weighted by atomic mass is 9.43. The second-order valence-corrected chi connectivity index (χ2v) is 14.5. The number of carbonyl (C=O) groups is 3. The number of carbonyl (C=O) groups excluding carboxylic acids is 3. The number of aromatic amines is 1. The van der Waals surface area contributed by atoms with Gasteiger partial charge in [-0.1, -0.05) is 53.2 Å². The van der Waals surface area contributed by atoms with E-state index in [1.54, 1.807) is 18.2 Å². The molecule has 10 nitrogen and oxygen atoms in total. The van der Waals surface area contributed by atoms with Crippen LogP contribution in [0.15, 0.2) is 47.4 Å². The van der Waals surface area contributed by atoms with Crippen LogP contribution in [-0.2, 0) is 20.5 Å². The van der Waals surface area contributed by atoms with E-state index in [9.17, 15) is 19.2 Å². The average molecular weight is 633 g/mol. The van der Waals surface area contributed by atoms with Gasteiger partial charge in [0.05, 0.1) is 17.6 Å². The van der Waals surface area contributed by atoms with Crippen LogP contribution >= 0.6 is 0 Å². The van der Waals surface area contributed by atoms with E-state index in [1.165, 1.54) is 12.3 Å². The Morgan fingerprint density at radius 3 is 2.43 bits per heavy atom. The van der Waals surface area contributed by atoms with E-state index < -0.39 is 48.0 Å².